The molecule has 1 aromatic rings. The average molecular weight is 533 g/mol. The van der Waals surface area contributed by atoms with Gasteiger partial charge in [-0.1, -0.05) is 38.0 Å². The van der Waals surface area contributed by atoms with Gasteiger partial charge in [-0.15, -0.1) is 0 Å². The van der Waals surface area contributed by atoms with Gasteiger partial charge in [-0.25, -0.2) is 4.79 Å². The molecule has 38 heavy (non-hydrogen) atoms. The standard InChI is InChI=1S/C29H48N4O5/c1-10-11-12-18-31-25(35)24(21-15-13-14-19(2)20(21)3)33(28(4,5)6)26(36)22(16-17-23(30)34)32-27(37)38-29(7,8)9/h13-15,22,24H,10-12,16-18H2,1-9H3,(H2,30,34)(H,31,35)(H,32,37). The molecule has 0 aliphatic heterocycles. The summed E-state index contributed by atoms with van der Waals surface area (Å²) in [6.07, 6.45) is 1.87. The van der Waals surface area contributed by atoms with E-state index in [2.05, 4.69) is 17.6 Å². The van der Waals surface area contributed by atoms with Gasteiger partial charge in [-0.3, -0.25) is 14.4 Å². The quantitative estimate of drug-likeness (QED) is 0.343. The van der Waals surface area contributed by atoms with E-state index < -0.39 is 41.1 Å². The predicted molar refractivity (Wildman–Crippen MR) is 149 cm³/mol. The lowest BCUT2D eigenvalue weighted by Crippen LogP contribution is -2.58. The Morgan fingerprint density at radius 2 is 1.66 bits per heavy atom. The number of aryl methyl sites for hydroxylation is 1. The monoisotopic (exact) mass is 532 g/mol. The molecule has 0 fully saturated rings. The number of hydrogen-bond acceptors (Lipinski definition) is 5. The maximum Gasteiger partial charge on any atom is 0.408 e. The summed E-state index contributed by atoms with van der Waals surface area (Å²) >= 11 is 0. The van der Waals surface area contributed by atoms with E-state index in [9.17, 15) is 19.2 Å². The van der Waals surface area contributed by atoms with Gasteiger partial charge in [0.05, 0.1) is 0 Å². The van der Waals surface area contributed by atoms with Gasteiger partial charge in [0, 0.05) is 18.5 Å². The van der Waals surface area contributed by atoms with Gasteiger partial charge in [-0.05, 0) is 84.9 Å². The summed E-state index contributed by atoms with van der Waals surface area (Å²) in [6.45, 7) is 17.1. The molecule has 9 heteroatoms. The molecule has 2 atom stereocenters. The second kappa shape index (κ2) is 14.2. The van der Waals surface area contributed by atoms with E-state index in [0.717, 1.165) is 30.4 Å². The molecule has 214 valence electrons. The number of carbonyl (C=O) groups is 4. The molecular weight excluding hydrogens is 484 g/mol. The molecule has 0 radical (unpaired) electrons. The van der Waals surface area contributed by atoms with Crippen LogP contribution in [0.4, 0.5) is 4.79 Å². The lowest BCUT2D eigenvalue weighted by molar-refractivity contribution is -0.148. The SMILES string of the molecule is CCCCCNC(=O)C(c1cccc(C)c1C)N(C(=O)C(CCC(N)=O)NC(=O)OC(C)(C)C)C(C)(C)C. The number of unbranched alkanes of at least 4 members (excludes halogenated alkanes) is 2. The van der Waals surface area contributed by atoms with Gasteiger partial charge in [0.15, 0.2) is 0 Å². The van der Waals surface area contributed by atoms with Crippen LogP contribution in [-0.4, -0.2) is 52.4 Å². The highest BCUT2D eigenvalue weighted by Crippen LogP contribution is 2.33. The molecule has 0 aliphatic rings. The van der Waals surface area contributed by atoms with Crippen molar-refractivity contribution in [2.45, 2.75) is 118 Å². The van der Waals surface area contributed by atoms with E-state index in [4.69, 9.17) is 10.5 Å². The second-order valence-corrected chi connectivity index (χ2v) is 11.8. The highest BCUT2D eigenvalue weighted by atomic mass is 16.6. The van der Waals surface area contributed by atoms with Crippen molar-refractivity contribution < 1.29 is 23.9 Å². The minimum atomic E-state index is -1.13. The number of rotatable bonds is 12. The number of hydrogen-bond donors (Lipinski definition) is 3. The molecule has 4 amide bonds. The summed E-state index contributed by atoms with van der Waals surface area (Å²) < 4.78 is 5.38. The van der Waals surface area contributed by atoms with Crippen LogP contribution in [0.2, 0.25) is 0 Å². The number of nitrogens with one attached hydrogen (secondary N) is 2. The van der Waals surface area contributed by atoms with Crippen molar-refractivity contribution in [1.82, 2.24) is 15.5 Å². The molecule has 0 saturated heterocycles. The molecule has 0 heterocycles. The topological polar surface area (TPSA) is 131 Å². The number of alkyl carbamates (subject to hydrolysis) is 1. The van der Waals surface area contributed by atoms with Crippen molar-refractivity contribution in [1.29, 1.82) is 0 Å². The Balaban J connectivity index is 3.59. The van der Waals surface area contributed by atoms with Crippen LogP contribution in [0.15, 0.2) is 18.2 Å². The summed E-state index contributed by atoms with van der Waals surface area (Å²) in [7, 11) is 0. The third kappa shape index (κ3) is 10.3. The van der Waals surface area contributed by atoms with E-state index in [0.29, 0.717) is 12.1 Å². The number of nitrogens with zero attached hydrogens (tertiary/aromatic N) is 1. The molecule has 0 aromatic heterocycles. The highest BCUT2D eigenvalue weighted by molar-refractivity contribution is 5.93. The molecule has 0 spiro atoms. The van der Waals surface area contributed by atoms with E-state index in [1.54, 1.807) is 20.8 Å². The van der Waals surface area contributed by atoms with Crippen LogP contribution in [0, 0.1) is 13.8 Å². The normalized spacial score (nSPS) is 13.3. The summed E-state index contributed by atoms with van der Waals surface area (Å²) in [5.74, 6) is -1.40. The minimum absolute atomic E-state index is 0.0301. The van der Waals surface area contributed by atoms with Gasteiger partial charge < -0.3 is 26.0 Å². The van der Waals surface area contributed by atoms with Gasteiger partial charge in [0.2, 0.25) is 17.7 Å². The first kappa shape index (κ1) is 32.9. The first-order chi connectivity index (χ1) is 17.5. The molecule has 4 N–H and O–H groups in total. The van der Waals surface area contributed by atoms with E-state index >= 15 is 0 Å². The molecule has 0 bridgehead atoms. The largest absolute Gasteiger partial charge is 0.444 e. The predicted octanol–water partition coefficient (Wildman–Crippen LogP) is 4.44. The first-order valence-electron chi connectivity index (χ1n) is 13.4. The lowest BCUT2D eigenvalue weighted by atomic mass is 9.91. The number of primary amides is 1. The molecule has 9 nitrogen and oxygen atoms in total. The van der Waals surface area contributed by atoms with Gasteiger partial charge in [0.1, 0.15) is 17.7 Å². The Morgan fingerprint density at radius 1 is 1.03 bits per heavy atom. The summed E-state index contributed by atoms with van der Waals surface area (Å²) in [5.41, 5.74) is 6.36. The van der Waals surface area contributed by atoms with Gasteiger partial charge in [-0.2, -0.15) is 0 Å². The highest BCUT2D eigenvalue weighted by Gasteiger charge is 2.42. The smallest absolute Gasteiger partial charge is 0.408 e. The number of carbonyl (C=O) groups excluding carboxylic acids is 4. The zero-order valence-electron chi connectivity index (χ0n) is 24.7. The Hall–Kier alpha value is -3.10. The first-order valence-corrected chi connectivity index (χ1v) is 13.4. The number of amides is 4. The molecular formula is C29H48N4O5. The van der Waals surface area contributed by atoms with Crippen molar-refractivity contribution in [2.24, 2.45) is 5.73 Å². The van der Waals surface area contributed by atoms with Crippen LogP contribution >= 0.6 is 0 Å². The van der Waals surface area contributed by atoms with Crippen LogP contribution in [0.3, 0.4) is 0 Å². The van der Waals surface area contributed by atoms with E-state index in [-0.39, 0.29) is 18.7 Å². The molecule has 0 saturated carbocycles. The van der Waals surface area contributed by atoms with E-state index in [1.165, 1.54) is 4.90 Å². The third-order valence-electron chi connectivity index (χ3n) is 6.16. The summed E-state index contributed by atoms with van der Waals surface area (Å²) in [5, 5.41) is 5.63. The van der Waals surface area contributed by atoms with Crippen LogP contribution < -0.4 is 16.4 Å². The van der Waals surface area contributed by atoms with Crippen molar-refractivity contribution in [2.75, 3.05) is 6.54 Å². The number of benzene rings is 1. The molecule has 2 unspecified atom stereocenters. The van der Waals surface area contributed by atoms with Gasteiger partial charge >= 0.3 is 6.09 Å². The zero-order valence-corrected chi connectivity index (χ0v) is 24.7. The van der Waals surface area contributed by atoms with Gasteiger partial charge in [0.25, 0.3) is 0 Å². The fraction of sp³-hybridized carbons (Fsp3) is 0.655. The third-order valence-corrected chi connectivity index (χ3v) is 6.16. The molecule has 0 aliphatic carbocycles. The fourth-order valence-corrected chi connectivity index (χ4v) is 4.16. The maximum absolute atomic E-state index is 14.2. The van der Waals surface area contributed by atoms with Crippen molar-refractivity contribution in [3.63, 3.8) is 0 Å². The van der Waals surface area contributed by atoms with Crippen LogP contribution in [0.25, 0.3) is 0 Å². The van der Waals surface area contributed by atoms with Crippen LogP contribution in [-0.2, 0) is 19.1 Å². The second-order valence-electron chi connectivity index (χ2n) is 11.8. The molecule has 1 rings (SSSR count). The van der Waals surface area contributed by atoms with Crippen LogP contribution in [0.5, 0.6) is 0 Å². The zero-order chi connectivity index (χ0) is 29.3. The fourth-order valence-electron chi connectivity index (χ4n) is 4.16. The average Bonchev–Trinajstić information content (AvgIpc) is 2.77. The Kier molecular flexibility index (Phi) is 12.3. The van der Waals surface area contributed by atoms with Crippen molar-refractivity contribution in [3.05, 3.63) is 34.9 Å². The summed E-state index contributed by atoms with van der Waals surface area (Å²) in [4.78, 5) is 53.8. The molecule has 1 aromatic carbocycles. The Labute approximate surface area is 228 Å². The Morgan fingerprint density at radius 3 is 2.18 bits per heavy atom. The van der Waals surface area contributed by atoms with Crippen molar-refractivity contribution in [3.8, 4) is 0 Å². The minimum Gasteiger partial charge on any atom is -0.444 e. The maximum atomic E-state index is 14.2. The number of nitrogens with two attached hydrogens (primary N) is 1. The Bertz CT molecular complexity index is 978. The lowest BCUT2D eigenvalue weighted by Gasteiger charge is -2.43. The summed E-state index contributed by atoms with van der Waals surface area (Å²) in [6, 6.07) is 3.59. The van der Waals surface area contributed by atoms with E-state index in [1.807, 2.05) is 52.8 Å². The van der Waals surface area contributed by atoms with Crippen LogP contribution in [0.1, 0.15) is 103 Å². The number of ether oxygens (including phenoxy) is 1. The van der Waals surface area contributed by atoms with Crippen molar-refractivity contribution >= 4 is 23.8 Å².